The van der Waals surface area contributed by atoms with E-state index in [1.54, 1.807) is 19.4 Å². The van der Waals surface area contributed by atoms with Gasteiger partial charge in [0, 0.05) is 24.7 Å². The fourth-order valence-electron chi connectivity index (χ4n) is 3.47. The summed E-state index contributed by atoms with van der Waals surface area (Å²) in [6.07, 6.45) is 2.90. The van der Waals surface area contributed by atoms with Crippen molar-refractivity contribution >= 4 is 23.3 Å². The Hall–Kier alpha value is -2.34. The molecule has 0 saturated carbocycles. The van der Waals surface area contributed by atoms with Crippen LogP contribution in [-0.2, 0) is 14.9 Å². The van der Waals surface area contributed by atoms with Gasteiger partial charge in [0.2, 0.25) is 0 Å². The van der Waals surface area contributed by atoms with Gasteiger partial charge in [-0.2, -0.15) is 5.10 Å². The van der Waals surface area contributed by atoms with Crippen LogP contribution in [-0.4, -0.2) is 43.5 Å². The van der Waals surface area contributed by atoms with Crippen molar-refractivity contribution in [3.8, 4) is 5.75 Å². The summed E-state index contributed by atoms with van der Waals surface area (Å²) in [6.45, 7) is 1.35. The molecular formula is C18H20ClN3O3. The van der Waals surface area contributed by atoms with Gasteiger partial charge in [-0.3, -0.25) is 4.79 Å². The summed E-state index contributed by atoms with van der Waals surface area (Å²) >= 11 is 5.94. The number of ether oxygens (including phenoxy) is 2. The van der Waals surface area contributed by atoms with Gasteiger partial charge in [0.05, 0.1) is 31.5 Å². The molecule has 0 bridgehead atoms. The van der Waals surface area contributed by atoms with Crippen molar-refractivity contribution in [3.05, 3.63) is 47.2 Å². The molecule has 2 aromatic rings. The van der Waals surface area contributed by atoms with Crippen molar-refractivity contribution < 1.29 is 14.3 Å². The number of esters is 1. The van der Waals surface area contributed by atoms with Gasteiger partial charge in [-0.1, -0.05) is 29.8 Å². The van der Waals surface area contributed by atoms with Gasteiger partial charge in [0.25, 0.3) is 0 Å². The van der Waals surface area contributed by atoms with Crippen LogP contribution < -0.4 is 9.64 Å². The van der Waals surface area contributed by atoms with Crippen molar-refractivity contribution in [2.75, 3.05) is 32.2 Å². The smallest absolute Gasteiger partial charge is 0.316 e. The maximum atomic E-state index is 12.7. The quantitative estimate of drug-likeness (QED) is 0.780. The van der Waals surface area contributed by atoms with E-state index >= 15 is 0 Å². The summed E-state index contributed by atoms with van der Waals surface area (Å²) in [5, 5.41) is 8.02. The Morgan fingerprint density at radius 2 is 1.96 bits per heavy atom. The van der Waals surface area contributed by atoms with Crippen LogP contribution in [0.5, 0.6) is 5.75 Å². The maximum absolute atomic E-state index is 12.7. The maximum Gasteiger partial charge on any atom is 0.316 e. The molecule has 0 spiro atoms. The molecule has 1 fully saturated rings. The highest BCUT2D eigenvalue weighted by Crippen LogP contribution is 2.42. The Morgan fingerprint density at radius 1 is 1.24 bits per heavy atom. The number of carbonyl (C=O) groups excluding carboxylic acids is 1. The molecule has 25 heavy (non-hydrogen) atoms. The van der Waals surface area contributed by atoms with Crippen molar-refractivity contribution in [2.45, 2.75) is 18.3 Å². The van der Waals surface area contributed by atoms with Crippen LogP contribution in [0.4, 0.5) is 5.69 Å². The first kappa shape index (κ1) is 17.5. The zero-order valence-corrected chi connectivity index (χ0v) is 15.0. The van der Waals surface area contributed by atoms with Crippen LogP contribution in [0.25, 0.3) is 0 Å². The first-order chi connectivity index (χ1) is 12.1. The van der Waals surface area contributed by atoms with Gasteiger partial charge in [0.1, 0.15) is 5.75 Å². The number of methoxy groups -OCH3 is 2. The first-order valence-electron chi connectivity index (χ1n) is 8.06. The monoisotopic (exact) mass is 361 g/mol. The highest BCUT2D eigenvalue weighted by molar-refractivity contribution is 6.29. The Bertz CT molecular complexity index is 761. The number of aromatic nitrogens is 2. The van der Waals surface area contributed by atoms with Gasteiger partial charge >= 0.3 is 5.97 Å². The minimum atomic E-state index is -0.720. The molecule has 0 N–H and O–H groups in total. The van der Waals surface area contributed by atoms with E-state index in [1.165, 1.54) is 7.11 Å². The lowest BCUT2D eigenvalue weighted by atomic mass is 9.72. The second kappa shape index (κ2) is 7.27. The third-order valence-electron chi connectivity index (χ3n) is 4.79. The summed E-state index contributed by atoms with van der Waals surface area (Å²) in [5.74, 6) is 0.470. The van der Waals surface area contributed by atoms with Crippen molar-refractivity contribution in [1.82, 2.24) is 10.2 Å². The number of hydrogen-bond donors (Lipinski definition) is 0. The molecule has 7 heteroatoms. The van der Waals surface area contributed by atoms with Gasteiger partial charge in [-0.25, -0.2) is 0 Å². The van der Waals surface area contributed by atoms with Crippen LogP contribution in [0, 0.1) is 0 Å². The predicted molar refractivity (Wildman–Crippen MR) is 95.2 cm³/mol. The van der Waals surface area contributed by atoms with Crippen LogP contribution >= 0.6 is 11.6 Å². The lowest BCUT2D eigenvalue weighted by Gasteiger charge is -2.41. The lowest BCUT2D eigenvalue weighted by Crippen LogP contribution is -2.48. The summed E-state index contributed by atoms with van der Waals surface area (Å²) in [7, 11) is 3.04. The molecule has 3 rings (SSSR count). The van der Waals surface area contributed by atoms with Crippen LogP contribution in [0.1, 0.15) is 18.4 Å². The Balaban J connectivity index is 1.91. The van der Waals surface area contributed by atoms with E-state index in [0.717, 1.165) is 11.3 Å². The average Bonchev–Trinajstić information content (AvgIpc) is 2.67. The molecule has 1 aliphatic heterocycles. The van der Waals surface area contributed by atoms with Crippen LogP contribution in [0.3, 0.4) is 0 Å². The van der Waals surface area contributed by atoms with E-state index in [1.807, 2.05) is 24.3 Å². The number of para-hydroxylation sites is 1. The topological polar surface area (TPSA) is 64.6 Å². The fraction of sp³-hybridized carbons (Fsp3) is 0.389. The van der Waals surface area contributed by atoms with E-state index in [2.05, 4.69) is 15.1 Å². The van der Waals surface area contributed by atoms with Crippen LogP contribution in [0.15, 0.2) is 36.5 Å². The number of anilines is 1. The Labute approximate surface area is 151 Å². The van der Waals surface area contributed by atoms with Crippen LogP contribution in [0.2, 0.25) is 5.15 Å². The zero-order valence-electron chi connectivity index (χ0n) is 14.2. The molecule has 0 amide bonds. The largest absolute Gasteiger partial charge is 0.496 e. The van der Waals surface area contributed by atoms with Crippen molar-refractivity contribution in [1.29, 1.82) is 0 Å². The van der Waals surface area contributed by atoms with E-state index in [9.17, 15) is 4.79 Å². The van der Waals surface area contributed by atoms with E-state index in [-0.39, 0.29) is 5.97 Å². The first-order valence-corrected chi connectivity index (χ1v) is 8.43. The number of benzene rings is 1. The van der Waals surface area contributed by atoms with E-state index in [4.69, 9.17) is 21.1 Å². The number of rotatable bonds is 4. The molecule has 0 aliphatic carbocycles. The lowest BCUT2D eigenvalue weighted by molar-refractivity contribution is -0.148. The molecule has 1 aromatic heterocycles. The molecule has 0 unspecified atom stereocenters. The summed E-state index contributed by atoms with van der Waals surface area (Å²) < 4.78 is 10.6. The zero-order chi connectivity index (χ0) is 17.9. The molecule has 1 saturated heterocycles. The summed E-state index contributed by atoms with van der Waals surface area (Å²) in [4.78, 5) is 14.9. The standard InChI is InChI=1S/C18H20ClN3O3/c1-24-15-6-4-3-5-14(15)18(17(23)25-2)7-9-22(10-8-18)13-11-16(19)21-20-12-13/h3-6,11-12H,7-10H2,1-2H3. The highest BCUT2D eigenvalue weighted by Gasteiger charge is 2.45. The number of halogens is 1. The molecule has 0 atom stereocenters. The van der Waals surface area contributed by atoms with Gasteiger partial charge in [-0.15, -0.1) is 5.10 Å². The number of piperidine rings is 1. The van der Waals surface area contributed by atoms with Gasteiger partial charge in [-0.05, 0) is 18.9 Å². The van der Waals surface area contributed by atoms with Crippen molar-refractivity contribution in [2.24, 2.45) is 0 Å². The van der Waals surface area contributed by atoms with Gasteiger partial charge in [0.15, 0.2) is 5.15 Å². The summed E-state index contributed by atoms with van der Waals surface area (Å²) in [5.41, 5.74) is 1.05. The normalized spacial score (nSPS) is 16.4. The van der Waals surface area contributed by atoms with E-state index in [0.29, 0.717) is 36.8 Å². The molecule has 0 radical (unpaired) electrons. The third kappa shape index (κ3) is 3.26. The number of nitrogens with zero attached hydrogens (tertiary/aromatic N) is 3. The predicted octanol–water partition coefficient (Wildman–Crippen LogP) is 2.85. The minimum absolute atomic E-state index is 0.234. The highest BCUT2D eigenvalue weighted by atomic mass is 35.5. The third-order valence-corrected chi connectivity index (χ3v) is 4.98. The van der Waals surface area contributed by atoms with Gasteiger partial charge < -0.3 is 14.4 Å². The number of carbonyl (C=O) groups is 1. The SMILES string of the molecule is COC(=O)C1(c2ccccc2OC)CCN(c2cnnc(Cl)c2)CC1. The van der Waals surface area contributed by atoms with Crippen molar-refractivity contribution in [3.63, 3.8) is 0 Å². The second-order valence-corrected chi connectivity index (χ2v) is 6.38. The molecule has 132 valence electrons. The Morgan fingerprint density at radius 3 is 2.60 bits per heavy atom. The van der Waals surface area contributed by atoms with E-state index < -0.39 is 5.41 Å². The summed E-state index contributed by atoms with van der Waals surface area (Å²) in [6, 6.07) is 9.41. The number of hydrogen-bond acceptors (Lipinski definition) is 6. The molecule has 1 aromatic carbocycles. The average molecular weight is 362 g/mol. The molecule has 1 aliphatic rings. The molecule has 6 nitrogen and oxygen atoms in total. The second-order valence-electron chi connectivity index (χ2n) is 6.00. The fourth-order valence-corrected chi connectivity index (χ4v) is 3.63. The minimum Gasteiger partial charge on any atom is -0.496 e. The Kier molecular flexibility index (Phi) is 5.08. The molecule has 2 heterocycles. The molecular weight excluding hydrogens is 342 g/mol.